The lowest BCUT2D eigenvalue weighted by atomic mass is 10.3. The van der Waals surface area contributed by atoms with E-state index >= 15 is 0 Å². The van der Waals surface area contributed by atoms with Gasteiger partial charge in [0.1, 0.15) is 11.5 Å². The predicted molar refractivity (Wildman–Crippen MR) is 73.2 cm³/mol. The lowest BCUT2D eigenvalue weighted by Gasteiger charge is -2.05. The average Bonchev–Trinajstić information content (AvgIpc) is 2.34. The van der Waals surface area contributed by atoms with Crippen LogP contribution in [0.3, 0.4) is 0 Å². The van der Waals surface area contributed by atoms with Gasteiger partial charge < -0.3 is 4.74 Å². The van der Waals surface area contributed by atoms with Gasteiger partial charge in [0, 0.05) is 13.0 Å². The zero-order chi connectivity index (χ0) is 14.0. The van der Waals surface area contributed by atoms with Crippen molar-refractivity contribution in [2.75, 3.05) is 0 Å². The summed E-state index contributed by atoms with van der Waals surface area (Å²) in [6.45, 7) is 10.4. The van der Waals surface area contributed by atoms with Gasteiger partial charge in [-0.1, -0.05) is 25.3 Å². The van der Waals surface area contributed by atoms with Crippen LogP contribution in [-0.2, 0) is 4.74 Å². The van der Waals surface area contributed by atoms with Gasteiger partial charge in [0.25, 0.3) is 0 Å². The van der Waals surface area contributed by atoms with Crippen LogP contribution >= 0.6 is 0 Å². The van der Waals surface area contributed by atoms with Crippen LogP contribution in [-0.4, -0.2) is 4.92 Å². The van der Waals surface area contributed by atoms with Gasteiger partial charge in [-0.25, -0.2) is 0 Å². The van der Waals surface area contributed by atoms with Crippen molar-refractivity contribution in [1.29, 1.82) is 0 Å². The molecule has 0 saturated carbocycles. The molecule has 0 aromatic carbocycles. The molecule has 4 nitrogen and oxygen atoms in total. The SMILES string of the molecule is C=C/C=C(\C=C/C)O/C(C=C)=C/C=C(\C)[N+](=O)[O-]. The Balaban J connectivity index is 5.00. The van der Waals surface area contributed by atoms with Crippen LogP contribution in [0.4, 0.5) is 0 Å². The van der Waals surface area contributed by atoms with Gasteiger partial charge in [0.15, 0.2) is 0 Å². The van der Waals surface area contributed by atoms with E-state index in [0.717, 1.165) is 0 Å². The fourth-order valence-corrected chi connectivity index (χ4v) is 0.947. The highest BCUT2D eigenvalue weighted by atomic mass is 16.6. The van der Waals surface area contributed by atoms with Crippen molar-refractivity contribution in [3.8, 4) is 0 Å². The lowest BCUT2D eigenvalue weighted by molar-refractivity contribution is -0.424. The van der Waals surface area contributed by atoms with Crippen LogP contribution in [0.2, 0.25) is 0 Å². The Kier molecular flexibility index (Phi) is 7.61. The van der Waals surface area contributed by atoms with Crippen LogP contribution in [0.25, 0.3) is 0 Å². The smallest absolute Gasteiger partial charge is 0.243 e. The molecule has 0 amide bonds. The van der Waals surface area contributed by atoms with Gasteiger partial charge in [-0.2, -0.15) is 0 Å². The highest BCUT2D eigenvalue weighted by molar-refractivity contribution is 5.24. The maximum Gasteiger partial charge on any atom is 0.243 e. The summed E-state index contributed by atoms with van der Waals surface area (Å²) in [5.74, 6) is 0.994. The Morgan fingerprint density at radius 3 is 2.33 bits per heavy atom. The summed E-state index contributed by atoms with van der Waals surface area (Å²) in [4.78, 5) is 9.96. The molecule has 0 spiro atoms. The standard InChI is InChI=1S/C14H17NO3/c1-5-8-14(9-6-2)18-13(7-3)11-10-12(4)15(16)17/h5-11H,1,3H2,2,4H3/b9-6-,12-10+,13-11+,14-8+. The molecular weight excluding hydrogens is 230 g/mol. The summed E-state index contributed by atoms with van der Waals surface area (Å²) in [6, 6.07) is 0. The second kappa shape index (κ2) is 8.75. The largest absolute Gasteiger partial charge is 0.457 e. The van der Waals surface area contributed by atoms with Gasteiger partial charge in [0.05, 0.1) is 4.92 Å². The van der Waals surface area contributed by atoms with Gasteiger partial charge in [0.2, 0.25) is 5.70 Å². The topological polar surface area (TPSA) is 52.4 Å². The number of rotatable bonds is 7. The first-order chi connectivity index (χ1) is 8.54. The zero-order valence-corrected chi connectivity index (χ0v) is 10.6. The second-order valence-electron chi connectivity index (χ2n) is 3.25. The van der Waals surface area contributed by atoms with E-state index in [1.54, 1.807) is 18.2 Å². The molecule has 0 rings (SSSR count). The quantitative estimate of drug-likeness (QED) is 0.297. The first kappa shape index (κ1) is 15.6. The molecule has 0 bridgehead atoms. The third-order valence-electron chi connectivity index (χ3n) is 1.83. The minimum atomic E-state index is -0.469. The number of ether oxygens (including phenoxy) is 1. The molecule has 0 aliphatic heterocycles. The Hall–Kier alpha value is -2.36. The molecule has 0 unspecified atom stereocenters. The molecule has 0 aromatic heterocycles. The van der Waals surface area contributed by atoms with Crippen molar-refractivity contribution in [3.63, 3.8) is 0 Å². The van der Waals surface area contributed by atoms with Crippen LogP contribution in [0.1, 0.15) is 13.8 Å². The zero-order valence-electron chi connectivity index (χ0n) is 10.6. The summed E-state index contributed by atoms with van der Waals surface area (Å²) in [7, 11) is 0. The first-order valence-electron chi connectivity index (χ1n) is 5.33. The van der Waals surface area contributed by atoms with Crippen molar-refractivity contribution in [2.24, 2.45) is 0 Å². The van der Waals surface area contributed by atoms with Crippen molar-refractivity contribution >= 4 is 0 Å². The van der Waals surface area contributed by atoms with Crippen molar-refractivity contribution in [1.82, 2.24) is 0 Å². The van der Waals surface area contributed by atoms with Gasteiger partial charge in [-0.05, 0) is 31.2 Å². The van der Waals surface area contributed by atoms with Crippen molar-refractivity contribution in [3.05, 3.63) is 83.0 Å². The van der Waals surface area contributed by atoms with E-state index in [1.165, 1.54) is 25.2 Å². The molecular formula is C14H17NO3. The minimum absolute atomic E-state index is 0.0261. The molecule has 0 N–H and O–H groups in total. The molecule has 0 radical (unpaired) electrons. The molecule has 0 atom stereocenters. The lowest BCUT2D eigenvalue weighted by Crippen LogP contribution is -1.93. The van der Waals surface area contributed by atoms with E-state index in [-0.39, 0.29) is 5.70 Å². The van der Waals surface area contributed by atoms with Gasteiger partial charge in [-0.3, -0.25) is 10.1 Å². The van der Waals surface area contributed by atoms with E-state index in [4.69, 9.17) is 4.74 Å². The molecule has 4 heteroatoms. The van der Waals surface area contributed by atoms with Gasteiger partial charge >= 0.3 is 0 Å². The molecule has 0 saturated heterocycles. The van der Waals surface area contributed by atoms with Crippen molar-refractivity contribution in [2.45, 2.75) is 13.8 Å². The molecule has 0 fully saturated rings. The summed E-state index contributed by atoms with van der Waals surface area (Å²) in [5, 5.41) is 10.4. The van der Waals surface area contributed by atoms with Crippen LogP contribution in [0.15, 0.2) is 72.9 Å². The number of nitro groups is 1. The summed E-state index contributed by atoms with van der Waals surface area (Å²) in [6.07, 6.45) is 11.2. The third-order valence-corrected chi connectivity index (χ3v) is 1.83. The van der Waals surface area contributed by atoms with Gasteiger partial charge in [-0.15, -0.1) is 0 Å². The minimum Gasteiger partial charge on any atom is -0.457 e. The van der Waals surface area contributed by atoms with Crippen LogP contribution < -0.4 is 0 Å². The number of nitrogens with zero attached hydrogens (tertiary/aromatic N) is 1. The van der Waals surface area contributed by atoms with E-state index in [1.807, 2.05) is 13.0 Å². The van der Waals surface area contributed by atoms with E-state index in [0.29, 0.717) is 11.5 Å². The van der Waals surface area contributed by atoms with E-state index in [9.17, 15) is 10.1 Å². The number of hydrogen-bond donors (Lipinski definition) is 0. The maximum atomic E-state index is 10.4. The highest BCUT2D eigenvalue weighted by Crippen LogP contribution is 2.10. The Morgan fingerprint density at radius 2 is 1.89 bits per heavy atom. The molecule has 0 aromatic rings. The van der Waals surface area contributed by atoms with Crippen LogP contribution in [0, 0.1) is 10.1 Å². The summed E-state index contributed by atoms with van der Waals surface area (Å²) < 4.78 is 5.49. The van der Waals surface area contributed by atoms with Crippen LogP contribution in [0.5, 0.6) is 0 Å². The molecule has 96 valence electrons. The Morgan fingerprint density at radius 1 is 1.22 bits per heavy atom. The third kappa shape index (κ3) is 6.27. The normalized spacial score (nSPS) is 13.6. The summed E-state index contributed by atoms with van der Waals surface area (Å²) >= 11 is 0. The predicted octanol–water partition coefficient (Wildman–Crippen LogP) is 3.90. The van der Waals surface area contributed by atoms with E-state index < -0.39 is 4.92 Å². The second-order valence-corrected chi connectivity index (χ2v) is 3.25. The van der Waals surface area contributed by atoms with E-state index in [2.05, 4.69) is 13.2 Å². The number of allylic oxidation sites excluding steroid dienone is 8. The Bertz CT molecular complexity index is 440. The molecule has 0 heterocycles. The Labute approximate surface area is 107 Å². The fourth-order valence-electron chi connectivity index (χ4n) is 0.947. The highest BCUT2D eigenvalue weighted by Gasteiger charge is 2.00. The molecule has 18 heavy (non-hydrogen) atoms. The molecule has 0 aliphatic carbocycles. The maximum absolute atomic E-state index is 10.4. The average molecular weight is 247 g/mol. The monoisotopic (exact) mass is 247 g/mol. The molecule has 0 aliphatic rings. The first-order valence-corrected chi connectivity index (χ1v) is 5.33. The summed E-state index contributed by atoms with van der Waals surface area (Å²) in [5.41, 5.74) is 0.0261. The number of hydrogen-bond acceptors (Lipinski definition) is 3. The van der Waals surface area contributed by atoms with Crippen molar-refractivity contribution < 1.29 is 9.66 Å². The fraction of sp³-hybridized carbons (Fsp3) is 0.143.